The maximum Gasteiger partial charge on any atom is 0.203 e. The molecule has 2 N–H and O–H groups in total. The normalized spacial score (nSPS) is 11.8. The lowest BCUT2D eigenvalue weighted by Crippen LogP contribution is -2.38. The predicted molar refractivity (Wildman–Crippen MR) is 120 cm³/mol. The molecule has 0 heterocycles. The van der Waals surface area contributed by atoms with Gasteiger partial charge in [0.2, 0.25) is 5.75 Å². The number of guanidine groups is 1. The molecule has 0 saturated heterocycles. The van der Waals surface area contributed by atoms with Crippen LogP contribution in [0, 0.1) is 0 Å². The first-order valence-corrected chi connectivity index (χ1v) is 8.44. The minimum Gasteiger partial charge on any atom is -0.493 e. The van der Waals surface area contributed by atoms with E-state index in [0.29, 0.717) is 29.8 Å². The molecule has 0 radical (unpaired) electrons. The van der Waals surface area contributed by atoms with E-state index in [9.17, 15) is 0 Å². The van der Waals surface area contributed by atoms with Crippen LogP contribution < -0.4 is 24.8 Å². The smallest absolute Gasteiger partial charge is 0.203 e. The largest absolute Gasteiger partial charge is 0.493 e. The lowest BCUT2D eigenvalue weighted by atomic mass is 10.1. The molecule has 2 rings (SSSR count). The number of hydrogen-bond acceptors (Lipinski definition) is 4. The molecule has 0 fully saturated rings. The Morgan fingerprint density at radius 1 is 0.963 bits per heavy atom. The van der Waals surface area contributed by atoms with Gasteiger partial charge in [-0.25, -0.2) is 0 Å². The molecule has 0 bridgehead atoms. The Kier molecular flexibility index (Phi) is 9.77. The summed E-state index contributed by atoms with van der Waals surface area (Å²) in [4.78, 5) is 4.30. The molecule has 0 aromatic heterocycles. The summed E-state index contributed by atoms with van der Waals surface area (Å²) in [5.41, 5.74) is 2.14. The van der Waals surface area contributed by atoms with Gasteiger partial charge in [0.1, 0.15) is 0 Å². The van der Waals surface area contributed by atoms with Crippen LogP contribution in [0.3, 0.4) is 0 Å². The second-order valence-electron chi connectivity index (χ2n) is 5.70. The highest BCUT2D eigenvalue weighted by atomic mass is 127. The van der Waals surface area contributed by atoms with Crippen molar-refractivity contribution in [3.05, 3.63) is 53.6 Å². The summed E-state index contributed by atoms with van der Waals surface area (Å²) >= 11 is 0. The molecule has 148 valence electrons. The van der Waals surface area contributed by atoms with E-state index in [4.69, 9.17) is 14.2 Å². The SMILES string of the molecule is CN=C(NCc1ccc(OC)c(OC)c1OC)NC(C)c1ccccc1.I. The molecule has 0 aliphatic rings. The van der Waals surface area contributed by atoms with E-state index in [0.717, 1.165) is 5.56 Å². The Morgan fingerprint density at radius 2 is 1.63 bits per heavy atom. The molecule has 0 aliphatic carbocycles. The van der Waals surface area contributed by atoms with Crippen LogP contribution in [-0.4, -0.2) is 34.3 Å². The Balaban J connectivity index is 0.00000364. The minimum atomic E-state index is 0. The molecule has 2 aromatic carbocycles. The highest BCUT2D eigenvalue weighted by Crippen LogP contribution is 2.39. The van der Waals surface area contributed by atoms with Crippen molar-refractivity contribution >= 4 is 29.9 Å². The van der Waals surface area contributed by atoms with Gasteiger partial charge in [0.15, 0.2) is 17.5 Å². The summed E-state index contributed by atoms with van der Waals surface area (Å²) < 4.78 is 16.3. The fraction of sp³-hybridized carbons (Fsp3) is 0.350. The fourth-order valence-corrected chi connectivity index (χ4v) is 2.71. The molecule has 0 spiro atoms. The third-order valence-corrected chi connectivity index (χ3v) is 4.11. The maximum atomic E-state index is 5.52. The van der Waals surface area contributed by atoms with Gasteiger partial charge in [0, 0.05) is 19.2 Å². The van der Waals surface area contributed by atoms with E-state index in [1.807, 2.05) is 30.3 Å². The second-order valence-corrected chi connectivity index (χ2v) is 5.70. The first-order chi connectivity index (χ1) is 12.6. The maximum absolute atomic E-state index is 5.52. The van der Waals surface area contributed by atoms with Crippen LogP contribution in [0.15, 0.2) is 47.5 Å². The molecule has 6 nitrogen and oxygen atoms in total. The number of benzene rings is 2. The second kappa shape index (κ2) is 11.5. The average molecular weight is 485 g/mol. The lowest BCUT2D eigenvalue weighted by molar-refractivity contribution is 0.322. The van der Waals surface area contributed by atoms with E-state index in [1.165, 1.54) is 5.56 Å². The Bertz CT molecular complexity index is 739. The zero-order valence-corrected chi connectivity index (χ0v) is 18.7. The number of ether oxygens (including phenoxy) is 3. The predicted octanol–water partition coefficient (Wildman–Crippen LogP) is 3.76. The van der Waals surface area contributed by atoms with Crippen molar-refractivity contribution in [1.29, 1.82) is 0 Å². The summed E-state index contributed by atoms with van der Waals surface area (Å²) in [6.45, 7) is 2.63. The van der Waals surface area contributed by atoms with E-state index in [-0.39, 0.29) is 30.0 Å². The topological polar surface area (TPSA) is 64.1 Å². The molecule has 0 saturated carbocycles. The third kappa shape index (κ3) is 5.92. The standard InChI is InChI=1S/C20H27N3O3.HI/c1-14(15-9-7-6-8-10-15)23-20(21-2)22-13-16-11-12-17(24-3)19(26-5)18(16)25-4;/h6-12,14H,13H2,1-5H3,(H2,21,22,23);1H. The van der Waals surface area contributed by atoms with Gasteiger partial charge in [0.05, 0.1) is 27.4 Å². The van der Waals surface area contributed by atoms with Gasteiger partial charge in [-0.1, -0.05) is 30.3 Å². The van der Waals surface area contributed by atoms with Crippen LogP contribution in [0.1, 0.15) is 24.1 Å². The molecule has 1 unspecified atom stereocenters. The summed E-state index contributed by atoms with van der Waals surface area (Å²) in [6.07, 6.45) is 0. The van der Waals surface area contributed by atoms with Crippen LogP contribution in [0.2, 0.25) is 0 Å². The molecule has 1 atom stereocenters. The Labute approximate surface area is 178 Å². The van der Waals surface area contributed by atoms with Crippen molar-refractivity contribution in [3.8, 4) is 17.2 Å². The average Bonchev–Trinajstić information content (AvgIpc) is 2.70. The van der Waals surface area contributed by atoms with Gasteiger partial charge in [-0.3, -0.25) is 4.99 Å². The van der Waals surface area contributed by atoms with Crippen LogP contribution in [0.4, 0.5) is 0 Å². The molecular weight excluding hydrogens is 457 g/mol. The van der Waals surface area contributed by atoms with Gasteiger partial charge >= 0.3 is 0 Å². The quantitative estimate of drug-likeness (QED) is 0.356. The van der Waals surface area contributed by atoms with Crippen molar-refractivity contribution in [1.82, 2.24) is 10.6 Å². The molecule has 7 heteroatoms. The number of nitrogens with one attached hydrogen (secondary N) is 2. The van der Waals surface area contributed by atoms with E-state index in [2.05, 4.69) is 34.7 Å². The first-order valence-electron chi connectivity index (χ1n) is 8.44. The van der Waals surface area contributed by atoms with Gasteiger partial charge in [-0.05, 0) is 24.6 Å². The van der Waals surface area contributed by atoms with Crippen LogP contribution in [-0.2, 0) is 6.54 Å². The minimum absolute atomic E-state index is 0. The Hall–Kier alpha value is -2.16. The molecular formula is C20H28IN3O3. The van der Waals surface area contributed by atoms with E-state index < -0.39 is 0 Å². The summed E-state index contributed by atoms with van der Waals surface area (Å²) in [6, 6.07) is 14.2. The third-order valence-electron chi connectivity index (χ3n) is 4.11. The van der Waals surface area contributed by atoms with Crippen LogP contribution >= 0.6 is 24.0 Å². The number of halogens is 1. The number of rotatable bonds is 7. The summed E-state index contributed by atoms with van der Waals surface area (Å²) in [5, 5.41) is 6.70. The van der Waals surface area contributed by atoms with Gasteiger partial charge in [-0.2, -0.15) is 0 Å². The fourth-order valence-electron chi connectivity index (χ4n) is 2.71. The van der Waals surface area contributed by atoms with Crippen LogP contribution in [0.5, 0.6) is 17.2 Å². The molecule has 2 aromatic rings. The molecule has 0 amide bonds. The van der Waals surface area contributed by atoms with Gasteiger partial charge in [0.25, 0.3) is 0 Å². The van der Waals surface area contributed by atoms with Crippen molar-refractivity contribution in [3.63, 3.8) is 0 Å². The van der Waals surface area contributed by atoms with Gasteiger partial charge in [-0.15, -0.1) is 24.0 Å². The van der Waals surface area contributed by atoms with Crippen molar-refractivity contribution < 1.29 is 14.2 Å². The van der Waals surface area contributed by atoms with Crippen molar-refractivity contribution in [2.75, 3.05) is 28.4 Å². The van der Waals surface area contributed by atoms with E-state index in [1.54, 1.807) is 28.4 Å². The monoisotopic (exact) mass is 485 g/mol. The van der Waals surface area contributed by atoms with Crippen molar-refractivity contribution in [2.24, 2.45) is 4.99 Å². The van der Waals surface area contributed by atoms with E-state index >= 15 is 0 Å². The summed E-state index contributed by atoms with van der Waals surface area (Å²) in [5.74, 6) is 2.56. The molecule has 0 aliphatic heterocycles. The highest BCUT2D eigenvalue weighted by Gasteiger charge is 2.16. The van der Waals surface area contributed by atoms with Crippen LogP contribution in [0.25, 0.3) is 0 Å². The number of methoxy groups -OCH3 is 3. The van der Waals surface area contributed by atoms with Gasteiger partial charge < -0.3 is 24.8 Å². The zero-order valence-electron chi connectivity index (χ0n) is 16.4. The highest BCUT2D eigenvalue weighted by molar-refractivity contribution is 14.0. The lowest BCUT2D eigenvalue weighted by Gasteiger charge is -2.20. The number of hydrogen-bond donors (Lipinski definition) is 2. The Morgan fingerprint density at radius 3 is 2.19 bits per heavy atom. The number of nitrogens with zero attached hydrogens (tertiary/aromatic N) is 1. The zero-order chi connectivity index (χ0) is 18.9. The first kappa shape index (κ1) is 22.9. The van der Waals surface area contributed by atoms with Crippen molar-refractivity contribution in [2.45, 2.75) is 19.5 Å². The molecule has 27 heavy (non-hydrogen) atoms. The number of aliphatic imine (C=N–C) groups is 1. The summed E-state index contributed by atoms with van der Waals surface area (Å²) in [7, 11) is 6.57.